The minimum Gasteiger partial charge on any atom is -0.336 e. The van der Waals surface area contributed by atoms with Crippen molar-refractivity contribution in [2.24, 2.45) is 0 Å². The minimum absolute atomic E-state index is 0.00426. The largest absolute Gasteiger partial charge is 0.336 e. The van der Waals surface area contributed by atoms with Gasteiger partial charge in [-0.25, -0.2) is 4.98 Å². The molecule has 0 bridgehead atoms. The number of carbonyl (C=O) groups is 1. The normalized spacial score (nSPS) is 19.2. The number of amides is 1. The summed E-state index contributed by atoms with van der Waals surface area (Å²) in [5.74, 6) is 0.00426. The summed E-state index contributed by atoms with van der Waals surface area (Å²) in [6.45, 7) is 6.45. The van der Waals surface area contributed by atoms with Crippen LogP contribution in [0.5, 0.6) is 0 Å². The first-order chi connectivity index (χ1) is 9.70. The lowest BCUT2D eigenvalue weighted by atomic mass is 10.0. The van der Waals surface area contributed by atoms with Gasteiger partial charge in [0.05, 0.1) is 22.7 Å². The molecule has 3 heterocycles. The van der Waals surface area contributed by atoms with Gasteiger partial charge in [-0.05, 0) is 32.3 Å². The first-order valence-corrected chi connectivity index (χ1v) is 6.86. The predicted octanol–water partition coefficient (Wildman–Crippen LogP) is 2.71. The molecular weight excluding hydrogens is 254 g/mol. The van der Waals surface area contributed by atoms with E-state index in [0.29, 0.717) is 11.3 Å². The van der Waals surface area contributed by atoms with E-state index in [9.17, 15) is 4.79 Å². The smallest absolute Gasteiger partial charge is 0.257 e. The second kappa shape index (κ2) is 5.07. The lowest BCUT2D eigenvalue weighted by Gasteiger charge is -2.33. The van der Waals surface area contributed by atoms with E-state index in [2.05, 4.69) is 16.7 Å². The van der Waals surface area contributed by atoms with Gasteiger partial charge in [0.15, 0.2) is 0 Å². The maximum absolute atomic E-state index is 12.6. The maximum atomic E-state index is 12.6. The molecule has 1 aliphatic heterocycles. The standard InChI is InChI=1S/C15H17N3O2/c1-3-12-6-4-5-7-18(12)15(19)11-8-13-10(2)17-20-14(13)16-9-11/h3,8-9,12H,1,4-7H2,2H3. The topological polar surface area (TPSA) is 59.2 Å². The lowest BCUT2D eigenvalue weighted by Crippen LogP contribution is -2.42. The van der Waals surface area contributed by atoms with Gasteiger partial charge in [-0.2, -0.15) is 0 Å². The molecule has 0 saturated carbocycles. The van der Waals surface area contributed by atoms with Gasteiger partial charge in [-0.1, -0.05) is 11.2 Å². The summed E-state index contributed by atoms with van der Waals surface area (Å²) in [6, 6.07) is 1.93. The van der Waals surface area contributed by atoms with Gasteiger partial charge in [0.25, 0.3) is 11.6 Å². The molecule has 2 aromatic rings. The van der Waals surface area contributed by atoms with Crippen LogP contribution < -0.4 is 0 Å². The summed E-state index contributed by atoms with van der Waals surface area (Å²) < 4.78 is 5.07. The molecule has 1 unspecified atom stereocenters. The minimum atomic E-state index is 0.00426. The predicted molar refractivity (Wildman–Crippen MR) is 75.4 cm³/mol. The van der Waals surface area contributed by atoms with Crippen molar-refractivity contribution in [3.63, 3.8) is 0 Å². The third-order valence-electron chi connectivity index (χ3n) is 3.84. The Hall–Kier alpha value is -2.17. The van der Waals surface area contributed by atoms with E-state index in [4.69, 9.17) is 4.52 Å². The molecule has 0 aromatic carbocycles. The van der Waals surface area contributed by atoms with Gasteiger partial charge in [-0.15, -0.1) is 6.58 Å². The molecule has 3 rings (SSSR count). The molecule has 5 heteroatoms. The number of fused-ring (bicyclic) bond motifs is 1. The Morgan fingerprint density at radius 2 is 2.40 bits per heavy atom. The van der Waals surface area contributed by atoms with Crippen molar-refractivity contribution < 1.29 is 9.32 Å². The van der Waals surface area contributed by atoms with Crippen LogP contribution in [0, 0.1) is 6.92 Å². The first-order valence-electron chi connectivity index (χ1n) is 6.86. The number of aromatic nitrogens is 2. The Labute approximate surface area is 117 Å². The Balaban J connectivity index is 1.94. The highest BCUT2D eigenvalue weighted by Crippen LogP contribution is 2.22. The lowest BCUT2D eigenvalue weighted by molar-refractivity contribution is 0.0664. The van der Waals surface area contributed by atoms with Crippen molar-refractivity contribution >= 4 is 17.0 Å². The van der Waals surface area contributed by atoms with Crippen LogP contribution in [0.3, 0.4) is 0 Å². The molecule has 1 aliphatic rings. The highest BCUT2D eigenvalue weighted by molar-refractivity contribution is 5.97. The van der Waals surface area contributed by atoms with Crippen LogP contribution in [0.2, 0.25) is 0 Å². The molecule has 20 heavy (non-hydrogen) atoms. The molecule has 1 fully saturated rings. The molecule has 0 radical (unpaired) electrons. The van der Waals surface area contributed by atoms with Gasteiger partial charge in [0.2, 0.25) is 0 Å². The van der Waals surface area contributed by atoms with Crippen molar-refractivity contribution in [2.75, 3.05) is 6.54 Å². The van der Waals surface area contributed by atoms with Gasteiger partial charge >= 0.3 is 0 Å². The van der Waals surface area contributed by atoms with E-state index in [1.807, 2.05) is 24.0 Å². The van der Waals surface area contributed by atoms with E-state index in [1.165, 1.54) is 0 Å². The Morgan fingerprint density at radius 1 is 1.55 bits per heavy atom. The molecule has 1 saturated heterocycles. The summed E-state index contributed by atoms with van der Waals surface area (Å²) in [5.41, 5.74) is 1.80. The Bertz CT molecular complexity index is 662. The molecule has 0 N–H and O–H groups in total. The first kappa shape index (κ1) is 12.8. The van der Waals surface area contributed by atoms with Crippen molar-refractivity contribution in [1.82, 2.24) is 15.0 Å². The van der Waals surface area contributed by atoms with E-state index >= 15 is 0 Å². The number of pyridine rings is 1. The average molecular weight is 271 g/mol. The second-order valence-electron chi connectivity index (χ2n) is 5.14. The fraction of sp³-hybridized carbons (Fsp3) is 0.400. The Morgan fingerprint density at radius 3 is 3.20 bits per heavy atom. The summed E-state index contributed by atoms with van der Waals surface area (Å²) >= 11 is 0. The highest BCUT2D eigenvalue weighted by Gasteiger charge is 2.26. The molecule has 0 spiro atoms. The van der Waals surface area contributed by atoms with Crippen molar-refractivity contribution in [3.05, 3.63) is 36.2 Å². The Kier molecular flexibility index (Phi) is 3.26. The van der Waals surface area contributed by atoms with Crippen LogP contribution in [-0.4, -0.2) is 33.5 Å². The van der Waals surface area contributed by atoms with E-state index in [1.54, 1.807) is 6.20 Å². The molecule has 5 nitrogen and oxygen atoms in total. The summed E-state index contributed by atoms with van der Waals surface area (Å²) in [6.07, 6.45) is 6.58. The van der Waals surface area contributed by atoms with E-state index in [-0.39, 0.29) is 11.9 Å². The van der Waals surface area contributed by atoms with Crippen LogP contribution in [-0.2, 0) is 0 Å². The third kappa shape index (κ3) is 2.09. The van der Waals surface area contributed by atoms with Crippen molar-refractivity contribution in [2.45, 2.75) is 32.2 Å². The molecule has 0 aliphatic carbocycles. The maximum Gasteiger partial charge on any atom is 0.257 e. The summed E-state index contributed by atoms with van der Waals surface area (Å²) in [5, 5.41) is 4.66. The number of hydrogen-bond donors (Lipinski definition) is 0. The fourth-order valence-corrected chi connectivity index (χ4v) is 2.68. The third-order valence-corrected chi connectivity index (χ3v) is 3.84. The summed E-state index contributed by atoms with van der Waals surface area (Å²) in [4.78, 5) is 18.7. The van der Waals surface area contributed by atoms with Gasteiger partial charge in [-0.3, -0.25) is 4.79 Å². The monoisotopic (exact) mass is 271 g/mol. The number of aryl methyl sites for hydroxylation is 1. The van der Waals surface area contributed by atoms with Crippen LogP contribution >= 0.6 is 0 Å². The number of piperidine rings is 1. The van der Waals surface area contributed by atoms with E-state index in [0.717, 1.165) is 36.9 Å². The van der Waals surface area contributed by atoms with Gasteiger partial charge in [0.1, 0.15) is 0 Å². The fourth-order valence-electron chi connectivity index (χ4n) is 2.68. The zero-order valence-corrected chi connectivity index (χ0v) is 11.5. The van der Waals surface area contributed by atoms with Gasteiger partial charge < -0.3 is 9.42 Å². The SMILES string of the molecule is C=CC1CCCCN1C(=O)c1cnc2onc(C)c2c1. The molecule has 1 atom stereocenters. The van der Waals surface area contributed by atoms with Crippen LogP contribution in [0.4, 0.5) is 0 Å². The average Bonchev–Trinajstić information content (AvgIpc) is 2.87. The second-order valence-corrected chi connectivity index (χ2v) is 5.14. The zero-order chi connectivity index (χ0) is 14.1. The number of hydrogen-bond acceptors (Lipinski definition) is 4. The van der Waals surface area contributed by atoms with E-state index < -0.39 is 0 Å². The molecule has 2 aromatic heterocycles. The van der Waals surface area contributed by atoms with Crippen LogP contribution in [0.1, 0.15) is 35.3 Å². The summed E-state index contributed by atoms with van der Waals surface area (Å²) in [7, 11) is 0. The van der Waals surface area contributed by atoms with Crippen molar-refractivity contribution in [3.8, 4) is 0 Å². The highest BCUT2D eigenvalue weighted by atomic mass is 16.5. The van der Waals surface area contributed by atoms with Crippen LogP contribution in [0.15, 0.2) is 29.4 Å². The zero-order valence-electron chi connectivity index (χ0n) is 11.5. The number of carbonyl (C=O) groups excluding carboxylic acids is 1. The van der Waals surface area contributed by atoms with Crippen LogP contribution in [0.25, 0.3) is 11.1 Å². The number of likely N-dealkylation sites (tertiary alicyclic amines) is 1. The number of rotatable bonds is 2. The quantitative estimate of drug-likeness (QED) is 0.788. The molecule has 104 valence electrons. The van der Waals surface area contributed by atoms with Gasteiger partial charge in [0, 0.05) is 12.7 Å². The van der Waals surface area contributed by atoms with Crippen molar-refractivity contribution in [1.29, 1.82) is 0 Å². The molecular formula is C15H17N3O2. The molecule has 1 amide bonds. The number of nitrogens with zero attached hydrogens (tertiary/aromatic N) is 3.